The van der Waals surface area contributed by atoms with Crippen LogP contribution in [0, 0.1) is 0 Å². The number of quaternary nitrogens is 1. The Morgan fingerprint density at radius 2 is 1.91 bits per heavy atom. The molecule has 0 atom stereocenters. The molecule has 0 saturated carbocycles. The number of hydrogen-bond acceptors (Lipinski definition) is 5. The van der Waals surface area contributed by atoms with Crippen molar-refractivity contribution < 1.29 is 19.1 Å². The fourth-order valence-electron chi connectivity index (χ4n) is 2.94. The molecule has 0 spiro atoms. The third kappa shape index (κ3) is 4.67. The third-order valence-corrected chi connectivity index (χ3v) is 4.30. The molecule has 6 heteroatoms. The van der Waals surface area contributed by atoms with Crippen molar-refractivity contribution in [2.45, 2.75) is 6.54 Å². The molecule has 126 valence electrons. The van der Waals surface area contributed by atoms with Crippen LogP contribution in [0.3, 0.4) is 0 Å². The van der Waals surface area contributed by atoms with E-state index >= 15 is 0 Å². The lowest BCUT2D eigenvalue weighted by atomic mass is 10.1. The van der Waals surface area contributed by atoms with Gasteiger partial charge in [0.2, 0.25) is 0 Å². The summed E-state index contributed by atoms with van der Waals surface area (Å²) >= 11 is 0. The molecule has 23 heavy (non-hydrogen) atoms. The van der Waals surface area contributed by atoms with Crippen LogP contribution in [0.25, 0.3) is 0 Å². The van der Waals surface area contributed by atoms with Crippen LogP contribution in [0.5, 0.6) is 5.75 Å². The second-order valence-electron chi connectivity index (χ2n) is 5.92. The van der Waals surface area contributed by atoms with Crippen LogP contribution < -0.4 is 9.64 Å². The highest BCUT2D eigenvalue weighted by molar-refractivity contribution is 5.80. The number of methoxy groups -OCH3 is 1. The molecular weight excluding hydrogens is 294 g/mol. The molecule has 1 aromatic rings. The number of benzene rings is 1. The Hall–Kier alpha value is -1.63. The van der Waals surface area contributed by atoms with Crippen molar-refractivity contribution in [2.75, 3.05) is 59.7 Å². The largest absolute Gasteiger partial charge is 0.496 e. The average molecular weight is 320 g/mol. The minimum atomic E-state index is 0.756. The minimum absolute atomic E-state index is 0.756. The van der Waals surface area contributed by atoms with Gasteiger partial charge < -0.3 is 19.1 Å². The van der Waals surface area contributed by atoms with Gasteiger partial charge in [-0.15, -0.1) is 0 Å². The molecule has 0 aromatic heterocycles. The average Bonchev–Trinajstić information content (AvgIpc) is 2.62. The third-order valence-electron chi connectivity index (χ3n) is 4.30. The minimum Gasteiger partial charge on any atom is -0.496 e. The number of hydrogen-bond donors (Lipinski definition) is 1. The summed E-state index contributed by atoms with van der Waals surface area (Å²) in [7, 11) is 1.73. The van der Waals surface area contributed by atoms with Crippen molar-refractivity contribution in [1.29, 1.82) is 0 Å². The Morgan fingerprint density at radius 1 is 1.17 bits per heavy atom. The maximum Gasteiger partial charge on any atom is 0.127 e. The Kier molecular flexibility index (Phi) is 5.85. The number of nitrogens with one attached hydrogen (secondary N) is 1. The molecule has 2 fully saturated rings. The first-order valence-electron chi connectivity index (χ1n) is 8.30. The van der Waals surface area contributed by atoms with Gasteiger partial charge in [0.05, 0.1) is 52.8 Å². The van der Waals surface area contributed by atoms with Crippen molar-refractivity contribution in [1.82, 2.24) is 5.01 Å². The highest BCUT2D eigenvalue weighted by atomic mass is 16.5. The molecule has 0 aliphatic carbocycles. The maximum absolute atomic E-state index is 5.52. The first kappa shape index (κ1) is 16.2. The van der Waals surface area contributed by atoms with Crippen molar-refractivity contribution in [3.05, 3.63) is 29.3 Å². The van der Waals surface area contributed by atoms with Gasteiger partial charge in [-0.2, -0.15) is 5.10 Å². The first-order valence-corrected chi connectivity index (χ1v) is 8.30. The highest BCUT2D eigenvalue weighted by Gasteiger charge is 2.17. The molecule has 0 radical (unpaired) electrons. The Bertz CT molecular complexity index is 524. The van der Waals surface area contributed by atoms with Gasteiger partial charge in [-0.25, -0.2) is 0 Å². The zero-order chi connectivity index (χ0) is 15.9. The van der Waals surface area contributed by atoms with Crippen molar-refractivity contribution in [3.63, 3.8) is 0 Å². The summed E-state index contributed by atoms with van der Waals surface area (Å²) in [4.78, 5) is 1.54. The van der Waals surface area contributed by atoms with Crippen LogP contribution >= 0.6 is 0 Å². The molecule has 2 aliphatic rings. The number of morpholine rings is 2. The SMILES string of the molecule is COc1ccc(/C=N\N2CCOCC2)cc1C[NH+]1CCOCC1. The fraction of sp³-hybridized carbons (Fsp3) is 0.588. The second-order valence-corrected chi connectivity index (χ2v) is 5.92. The highest BCUT2D eigenvalue weighted by Crippen LogP contribution is 2.18. The summed E-state index contributed by atoms with van der Waals surface area (Å²) in [6.07, 6.45) is 1.93. The number of nitrogens with zero attached hydrogens (tertiary/aromatic N) is 2. The summed E-state index contributed by atoms with van der Waals surface area (Å²) in [5.74, 6) is 0.951. The summed E-state index contributed by atoms with van der Waals surface area (Å²) in [5.41, 5.74) is 2.34. The standard InChI is InChI=1S/C17H25N3O3/c1-21-17-3-2-15(13-18-20-6-10-23-11-7-20)12-16(17)14-19-4-8-22-9-5-19/h2-3,12-13H,4-11,14H2,1H3/p+1/b18-13-. The van der Waals surface area contributed by atoms with E-state index < -0.39 is 0 Å². The molecule has 0 bridgehead atoms. The number of ether oxygens (including phenoxy) is 3. The molecule has 1 N–H and O–H groups in total. The van der Waals surface area contributed by atoms with E-state index in [0.29, 0.717) is 0 Å². The molecule has 0 amide bonds. The predicted octanol–water partition coefficient (Wildman–Crippen LogP) is -0.224. The number of rotatable bonds is 5. The maximum atomic E-state index is 5.52. The van der Waals surface area contributed by atoms with Gasteiger partial charge in [-0.1, -0.05) is 0 Å². The summed E-state index contributed by atoms with van der Waals surface area (Å²) in [5, 5.41) is 6.61. The molecule has 2 saturated heterocycles. The Balaban J connectivity index is 1.68. The summed E-state index contributed by atoms with van der Waals surface area (Å²) in [6, 6.07) is 6.28. The van der Waals surface area contributed by atoms with Gasteiger partial charge in [0.15, 0.2) is 0 Å². The fourth-order valence-corrected chi connectivity index (χ4v) is 2.94. The van der Waals surface area contributed by atoms with Crippen molar-refractivity contribution in [2.24, 2.45) is 5.10 Å². The van der Waals surface area contributed by atoms with Crippen LogP contribution in [0.1, 0.15) is 11.1 Å². The van der Waals surface area contributed by atoms with Crippen LogP contribution in [0.4, 0.5) is 0 Å². The predicted molar refractivity (Wildman–Crippen MR) is 88.2 cm³/mol. The summed E-state index contributed by atoms with van der Waals surface area (Å²) in [6.45, 7) is 7.98. The molecule has 6 nitrogen and oxygen atoms in total. The normalized spacial score (nSPS) is 20.1. The van der Waals surface area contributed by atoms with Crippen LogP contribution in [-0.4, -0.2) is 70.9 Å². The zero-order valence-electron chi connectivity index (χ0n) is 13.8. The summed E-state index contributed by atoms with van der Waals surface area (Å²) < 4.78 is 16.3. The van der Waals surface area contributed by atoms with Gasteiger partial charge in [0.25, 0.3) is 0 Å². The van der Waals surface area contributed by atoms with Crippen LogP contribution in [0.2, 0.25) is 0 Å². The number of hydrazone groups is 1. The first-order chi connectivity index (χ1) is 11.3. The molecule has 0 unspecified atom stereocenters. The van der Waals surface area contributed by atoms with E-state index in [4.69, 9.17) is 14.2 Å². The zero-order valence-corrected chi connectivity index (χ0v) is 13.8. The van der Waals surface area contributed by atoms with E-state index in [1.54, 1.807) is 7.11 Å². The molecular formula is C17H26N3O3+. The van der Waals surface area contributed by atoms with Gasteiger partial charge >= 0.3 is 0 Å². The quantitative estimate of drug-likeness (QED) is 0.762. The lowest BCUT2D eigenvalue weighted by molar-refractivity contribution is -0.921. The van der Waals surface area contributed by atoms with E-state index in [2.05, 4.69) is 22.2 Å². The van der Waals surface area contributed by atoms with Crippen LogP contribution in [-0.2, 0) is 16.0 Å². The monoisotopic (exact) mass is 320 g/mol. The van der Waals surface area contributed by atoms with E-state index in [-0.39, 0.29) is 0 Å². The van der Waals surface area contributed by atoms with Crippen LogP contribution in [0.15, 0.2) is 23.3 Å². The smallest absolute Gasteiger partial charge is 0.127 e. The lowest BCUT2D eigenvalue weighted by Gasteiger charge is -2.24. The Morgan fingerprint density at radius 3 is 2.65 bits per heavy atom. The molecule has 2 aliphatic heterocycles. The second kappa shape index (κ2) is 8.29. The van der Waals surface area contributed by atoms with Gasteiger partial charge in [-0.3, -0.25) is 5.01 Å². The van der Waals surface area contributed by atoms with Crippen molar-refractivity contribution in [3.8, 4) is 5.75 Å². The van der Waals surface area contributed by atoms with E-state index in [1.165, 1.54) is 10.5 Å². The lowest BCUT2D eigenvalue weighted by Crippen LogP contribution is -3.12. The van der Waals surface area contributed by atoms with Crippen molar-refractivity contribution >= 4 is 6.21 Å². The van der Waals surface area contributed by atoms with Gasteiger partial charge in [-0.05, 0) is 23.8 Å². The van der Waals surface area contributed by atoms with Gasteiger partial charge in [0.1, 0.15) is 25.4 Å². The molecule has 1 aromatic carbocycles. The molecule has 3 rings (SSSR count). The topological polar surface area (TPSA) is 47.7 Å². The van der Waals surface area contributed by atoms with E-state index in [9.17, 15) is 0 Å². The van der Waals surface area contributed by atoms with Gasteiger partial charge in [0, 0.05) is 5.56 Å². The van der Waals surface area contributed by atoms with E-state index in [0.717, 1.165) is 70.5 Å². The molecule has 2 heterocycles. The van der Waals surface area contributed by atoms with E-state index in [1.807, 2.05) is 12.3 Å². The Labute approximate surface area is 137 Å².